The Morgan fingerprint density at radius 1 is 1.24 bits per heavy atom. The average Bonchev–Trinajstić information content (AvgIpc) is 3.00. The molecule has 2 amide bonds. The van der Waals surface area contributed by atoms with Crippen LogP contribution >= 0.6 is 0 Å². The van der Waals surface area contributed by atoms with Gasteiger partial charge in [0.15, 0.2) is 0 Å². The van der Waals surface area contributed by atoms with Crippen molar-refractivity contribution < 1.29 is 9.59 Å². The summed E-state index contributed by atoms with van der Waals surface area (Å²) in [6, 6.07) is 2.87. The van der Waals surface area contributed by atoms with Crippen LogP contribution in [0.25, 0.3) is 0 Å². The number of hydrogen-bond donors (Lipinski definition) is 1. The predicted octanol–water partition coefficient (Wildman–Crippen LogP) is 1.85. The fourth-order valence-corrected chi connectivity index (χ4v) is 2.60. The van der Waals surface area contributed by atoms with E-state index in [0.29, 0.717) is 17.9 Å². The van der Waals surface area contributed by atoms with E-state index >= 15 is 0 Å². The van der Waals surface area contributed by atoms with Crippen LogP contribution in [0.15, 0.2) is 24.5 Å². The first-order valence-corrected chi connectivity index (χ1v) is 7.57. The van der Waals surface area contributed by atoms with E-state index < -0.39 is 6.04 Å². The maximum absolute atomic E-state index is 12.5. The van der Waals surface area contributed by atoms with Crippen molar-refractivity contribution >= 4 is 11.8 Å². The third kappa shape index (κ3) is 4.28. The summed E-state index contributed by atoms with van der Waals surface area (Å²) in [7, 11) is 0. The number of carbonyl (C=O) groups excluding carboxylic acids is 2. The normalized spacial score (nSPS) is 16.0. The Hall–Kier alpha value is -1.91. The molecule has 1 aliphatic rings. The summed E-state index contributed by atoms with van der Waals surface area (Å²) < 4.78 is 0. The quantitative estimate of drug-likeness (QED) is 0.900. The van der Waals surface area contributed by atoms with Crippen molar-refractivity contribution in [1.29, 1.82) is 0 Å². The van der Waals surface area contributed by atoms with E-state index in [0.717, 1.165) is 25.9 Å². The minimum atomic E-state index is -0.441. The first kappa shape index (κ1) is 15.5. The van der Waals surface area contributed by atoms with Gasteiger partial charge in [0.2, 0.25) is 5.91 Å². The van der Waals surface area contributed by atoms with Crippen LogP contribution in [0, 0.1) is 5.92 Å². The summed E-state index contributed by atoms with van der Waals surface area (Å²) in [5.41, 5.74) is 0.535. The minimum Gasteiger partial charge on any atom is -0.341 e. The predicted molar refractivity (Wildman–Crippen MR) is 80.8 cm³/mol. The Morgan fingerprint density at radius 3 is 2.43 bits per heavy atom. The van der Waals surface area contributed by atoms with Gasteiger partial charge < -0.3 is 10.2 Å². The Labute approximate surface area is 125 Å². The second-order valence-electron chi connectivity index (χ2n) is 5.92. The highest BCUT2D eigenvalue weighted by atomic mass is 16.2. The second-order valence-corrected chi connectivity index (χ2v) is 5.92. The molecule has 0 aromatic carbocycles. The number of likely N-dealkylation sites (tertiary alicyclic amines) is 1. The van der Waals surface area contributed by atoms with E-state index in [4.69, 9.17) is 0 Å². The first-order valence-electron chi connectivity index (χ1n) is 7.57. The molecule has 1 N–H and O–H groups in total. The van der Waals surface area contributed by atoms with Crippen LogP contribution in [0.4, 0.5) is 0 Å². The van der Waals surface area contributed by atoms with E-state index in [1.807, 2.05) is 4.90 Å². The van der Waals surface area contributed by atoms with E-state index in [2.05, 4.69) is 24.1 Å². The van der Waals surface area contributed by atoms with Crippen molar-refractivity contribution in [2.75, 3.05) is 13.1 Å². The molecule has 5 heteroatoms. The van der Waals surface area contributed by atoms with Crippen molar-refractivity contribution in [2.45, 2.75) is 39.2 Å². The molecule has 1 aromatic rings. The van der Waals surface area contributed by atoms with Gasteiger partial charge in [-0.2, -0.15) is 0 Å². The molecule has 1 aromatic heterocycles. The fourth-order valence-electron chi connectivity index (χ4n) is 2.60. The maximum atomic E-state index is 12.5. The monoisotopic (exact) mass is 289 g/mol. The molecule has 1 saturated heterocycles. The molecule has 5 nitrogen and oxygen atoms in total. The van der Waals surface area contributed by atoms with Gasteiger partial charge in [0.05, 0.1) is 0 Å². The van der Waals surface area contributed by atoms with E-state index in [-0.39, 0.29) is 11.8 Å². The number of aromatic nitrogens is 1. The van der Waals surface area contributed by atoms with E-state index in [1.54, 1.807) is 24.5 Å². The van der Waals surface area contributed by atoms with Crippen molar-refractivity contribution in [1.82, 2.24) is 15.2 Å². The van der Waals surface area contributed by atoms with Gasteiger partial charge in [-0.1, -0.05) is 13.8 Å². The molecule has 0 unspecified atom stereocenters. The lowest BCUT2D eigenvalue weighted by molar-refractivity contribution is -0.132. The number of carbonyl (C=O) groups is 2. The zero-order valence-corrected chi connectivity index (χ0v) is 12.7. The number of rotatable bonds is 5. The van der Waals surface area contributed by atoms with Gasteiger partial charge in [0, 0.05) is 31.0 Å². The molecule has 21 heavy (non-hydrogen) atoms. The maximum Gasteiger partial charge on any atom is 0.252 e. The highest BCUT2D eigenvalue weighted by Crippen LogP contribution is 2.14. The third-order valence-electron chi connectivity index (χ3n) is 3.67. The lowest BCUT2D eigenvalue weighted by atomic mass is 10.0. The highest BCUT2D eigenvalue weighted by molar-refractivity contribution is 5.97. The molecule has 0 aliphatic carbocycles. The molecular weight excluding hydrogens is 266 g/mol. The van der Waals surface area contributed by atoms with Crippen LogP contribution in [0.1, 0.15) is 43.5 Å². The number of pyridine rings is 1. The molecule has 2 heterocycles. The minimum absolute atomic E-state index is 0.0450. The molecule has 2 rings (SSSR count). The summed E-state index contributed by atoms with van der Waals surface area (Å²) in [6.07, 6.45) is 5.92. The molecule has 0 spiro atoms. The Morgan fingerprint density at radius 2 is 1.86 bits per heavy atom. The third-order valence-corrected chi connectivity index (χ3v) is 3.67. The van der Waals surface area contributed by atoms with Crippen LogP contribution < -0.4 is 5.32 Å². The molecular formula is C16H23N3O2. The largest absolute Gasteiger partial charge is 0.341 e. The van der Waals surface area contributed by atoms with Gasteiger partial charge in [0.25, 0.3) is 5.91 Å². The number of amides is 2. The van der Waals surface area contributed by atoms with Gasteiger partial charge in [-0.25, -0.2) is 0 Å². The van der Waals surface area contributed by atoms with E-state index in [1.165, 1.54) is 0 Å². The van der Waals surface area contributed by atoms with Crippen molar-refractivity contribution in [3.63, 3.8) is 0 Å². The zero-order chi connectivity index (χ0) is 15.2. The summed E-state index contributed by atoms with van der Waals surface area (Å²) >= 11 is 0. The van der Waals surface area contributed by atoms with Gasteiger partial charge in [-0.05, 0) is 37.3 Å². The Bertz CT molecular complexity index is 482. The van der Waals surface area contributed by atoms with Crippen LogP contribution in [0.3, 0.4) is 0 Å². The number of nitrogens with zero attached hydrogens (tertiary/aromatic N) is 2. The van der Waals surface area contributed by atoms with Crippen molar-refractivity contribution in [2.24, 2.45) is 5.92 Å². The van der Waals surface area contributed by atoms with Crippen molar-refractivity contribution in [3.05, 3.63) is 30.1 Å². The van der Waals surface area contributed by atoms with Crippen LogP contribution in [-0.4, -0.2) is 40.8 Å². The summed E-state index contributed by atoms with van der Waals surface area (Å²) in [4.78, 5) is 30.6. The zero-order valence-electron chi connectivity index (χ0n) is 12.7. The fraction of sp³-hybridized carbons (Fsp3) is 0.562. The molecule has 114 valence electrons. The van der Waals surface area contributed by atoms with Crippen LogP contribution in [-0.2, 0) is 4.79 Å². The standard InChI is InChI=1S/C16H23N3O2/c1-12(2)11-14(16(21)19-9-3-4-10-19)18-15(20)13-5-7-17-8-6-13/h5-8,12,14H,3-4,9-11H2,1-2H3,(H,18,20)/t14-/m1/s1. The molecule has 1 aliphatic heterocycles. The lowest BCUT2D eigenvalue weighted by Gasteiger charge is -2.25. The van der Waals surface area contributed by atoms with Gasteiger partial charge in [0.1, 0.15) is 6.04 Å². The Kier molecular flexibility index (Phi) is 5.31. The van der Waals surface area contributed by atoms with Gasteiger partial charge >= 0.3 is 0 Å². The smallest absolute Gasteiger partial charge is 0.252 e. The van der Waals surface area contributed by atoms with Gasteiger partial charge in [-0.3, -0.25) is 14.6 Å². The first-order chi connectivity index (χ1) is 10.1. The molecule has 0 radical (unpaired) electrons. The molecule has 1 fully saturated rings. The second kappa shape index (κ2) is 7.20. The Balaban J connectivity index is 2.05. The lowest BCUT2D eigenvalue weighted by Crippen LogP contribution is -2.48. The highest BCUT2D eigenvalue weighted by Gasteiger charge is 2.28. The number of hydrogen-bond acceptors (Lipinski definition) is 3. The van der Waals surface area contributed by atoms with Crippen molar-refractivity contribution in [3.8, 4) is 0 Å². The van der Waals surface area contributed by atoms with Crippen LogP contribution in [0.2, 0.25) is 0 Å². The number of nitrogens with one attached hydrogen (secondary N) is 1. The SMILES string of the molecule is CC(C)C[C@@H](NC(=O)c1ccncc1)C(=O)N1CCCC1. The summed E-state index contributed by atoms with van der Waals surface area (Å²) in [6.45, 7) is 5.73. The summed E-state index contributed by atoms with van der Waals surface area (Å²) in [5.74, 6) is 0.179. The molecule has 1 atom stereocenters. The topological polar surface area (TPSA) is 62.3 Å². The summed E-state index contributed by atoms with van der Waals surface area (Å²) in [5, 5.41) is 2.88. The molecule has 0 saturated carbocycles. The average molecular weight is 289 g/mol. The van der Waals surface area contributed by atoms with Crippen LogP contribution in [0.5, 0.6) is 0 Å². The molecule has 0 bridgehead atoms. The van der Waals surface area contributed by atoms with Gasteiger partial charge in [-0.15, -0.1) is 0 Å². The van der Waals surface area contributed by atoms with E-state index in [9.17, 15) is 9.59 Å².